The Morgan fingerprint density at radius 1 is 0.967 bits per heavy atom. The summed E-state index contributed by atoms with van der Waals surface area (Å²) in [6, 6.07) is 11.4. The summed E-state index contributed by atoms with van der Waals surface area (Å²) in [5, 5.41) is 22.6. The smallest absolute Gasteiger partial charge is 0.335 e. The second-order valence-electron chi connectivity index (χ2n) is 6.55. The first-order valence-corrected chi connectivity index (χ1v) is 9.97. The van der Waals surface area contributed by atoms with Gasteiger partial charge in [-0.25, -0.2) is 4.79 Å². The number of aryl methyl sites for hydroxylation is 1. The van der Waals surface area contributed by atoms with Crippen molar-refractivity contribution in [2.24, 2.45) is 0 Å². The summed E-state index contributed by atoms with van der Waals surface area (Å²) in [4.78, 5) is 46.6. The summed E-state index contributed by atoms with van der Waals surface area (Å²) in [6.45, 7) is 3.51. The molecule has 0 spiro atoms. The topological polar surface area (TPSA) is 133 Å². The van der Waals surface area contributed by atoms with Crippen LogP contribution in [-0.4, -0.2) is 39.2 Å². The lowest BCUT2D eigenvalue weighted by molar-refractivity contribution is -0.138. The predicted octanol–water partition coefficient (Wildman–Crippen LogP) is 3.62. The van der Waals surface area contributed by atoms with E-state index in [2.05, 4.69) is 10.6 Å². The highest BCUT2D eigenvalue weighted by molar-refractivity contribution is 8.00. The summed E-state index contributed by atoms with van der Waals surface area (Å²) in [5.74, 6) is -2.75. The Balaban J connectivity index is 1.94. The van der Waals surface area contributed by atoms with Crippen LogP contribution in [0, 0.1) is 6.92 Å². The molecule has 9 heteroatoms. The van der Waals surface area contributed by atoms with E-state index in [4.69, 9.17) is 10.2 Å². The molecule has 0 radical (unpaired) electrons. The molecule has 30 heavy (non-hydrogen) atoms. The largest absolute Gasteiger partial charge is 0.481 e. The van der Waals surface area contributed by atoms with Gasteiger partial charge in [-0.05, 0) is 55.8 Å². The summed E-state index contributed by atoms with van der Waals surface area (Å²) in [7, 11) is 0. The van der Waals surface area contributed by atoms with E-state index in [0.717, 1.165) is 10.5 Å². The summed E-state index contributed by atoms with van der Waals surface area (Å²) >= 11 is 1.31. The molecule has 0 aliphatic heterocycles. The van der Waals surface area contributed by atoms with Gasteiger partial charge in [-0.15, -0.1) is 11.8 Å². The molecular weight excluding hydrogens is 408 g/mol. The van der Waals surface area contributed by atoms with E-state index in [1.54, 1.807) is 44.2 Å². The molecule has 0 aliphatic carbocycles. The third-order valence-corrected chi connectivity index (χ3v) is 5.24. The summed E-state index contributed by atoms with van der Waals surface area (Å²) in [5.41, 5.74) is 1.84. The van der Waals surface area contributed by atoms with E-state index in [9.17, 15) is 19.2 Å². The Bertz CT molecular complexity index is 958. The molecule has 1 atom stereocenters. The first kappa shape index (κ1) is 23.0. The first-order chi connectivity index (χ1) is 14.2. The van der Waals surface area contributed by atoms with Crippen molar-refractivity contribution in [2.45, 2.75) is 36.8 Å². The standard InChI is InChI=1S/C21H22N2O6S/c1-12-3-4-14(21(28)29)11-17(12)23-20(27)13(2)30-16-7-5-15(6-8-16)22-18(24)9-10-19(25)26/h3-8,11,13H,9-10H2,1-2H3,(H,22,24)(H,23,27)(H,25,26)(H,28,29). The average molecular weight is 430 g/mol. The number of nitrogens with one attached hydrogen (secondary N) is 2. The zero-order valence-corrected chi connectivity index (χ0v) is 17.3. The van der Waals surface area contributed by atoms with Crippen LogP contribution in [0.4, 0.5) is 11.4 Å². The van der Waals surface area contributed by atoms with Gasteiger partial charge in [0.1, 0.15) is 0 Å². The van der Waals surface area contributed by atoms with Crippen molar-refractivity contribution in [3.8, 4) is 0 Å². The Morgan fingerprint density at radius 2 is 1.63 bits per heavy atom. The first-order valence-electron chi connectivity index (χ1n) is 9.09. The number of thioether (sulfide) groups is 1. The van der Waals surface area contributed by atoms with Crippen LogP contribution in [0.5, 0.6) is 0 Å². The number of carboxylic acids is 2. The summed E-state index contributed by atoms with van der Waals surface area (Å²) < 4.78 is 0. The van der Waals surface area contributed by atoms with Gasteiger partial charge in [0.05, 0.1) is 17.2 Å². The third-order valence-electron chi connectivity index (χ3n) is 4.13. The fourth-order valence-corrected chi connectivity index (χ4v) is 3.31. The number of rotatable bonds is 9. The van der Waals surface area contributed by atoms with Crippen LogP contribution in [0.25, 0.3) is 0 Å². The number of aliphatic carboxylic acids is 1. The van der Waals surface area contributed by atoms with Crippen LogP contribution >= 0.6 is 11.8 Å². The van der Waals surface area contributed by atoms with Gasteiger partial charge < -0.3 is 20.8 Å². The van der Waals surface area contributed by atoms with E-state index in [0.29, 0.717) is 11.4 Å². The van der Waals surface area contributed by atoms with Gasteiger partial charge in [0.25, 0.3) is 0 Å². The van der Waals surface area contributed by atoms with Gasteiger partial charge in [0.15, 0.2) is 0 Å². The second-order valence-corrected chi connectivity index (χ2v) is 7.96. The van der Waals surface area contributed by atoms with Crippen LogP contribution in [-0.2, 0) is 14.4 Å². The maximum atomic E-state index is 12.5. The number of hydrogen-bond donors (Lipinski definition) is 4. The molecule has 2 rings (SSSR count). The highest BCUT2D eigenvalue weighted by Crippen LogP contribution is 2.26. The lowest BCUT2D eigenvalue weighted by Crippen LogP contribution is -2.23. The van der Waals surface area contributed by atoms with Crippen LogP contribution in [0.1, 0.15) is 35.7 Å². The predicted molar refractivity (Wildman–Crippen MR) is 114 cm³/mol. The SMILES string of the molecule is Cc1ccc(C(=O)O)cc1NC(=O)C(C)Sc1ccc(NC(=O)CCC(=O)O)cc1. The number of aromatic carboxylic acids is 1. The molecule has 158 valence electrons. The molecular formula is C21H22N2O6S. The molecule has 0 aliphatic rings. The number of carbonyl (C=O) groups excluding carboxylic acids is 2. The van der Waals surface area contributed by atoms with E-state index in [1.165, 1.54) is 23.9 Å². The monoisotopic (exact) mass is 430 g/mol. The Kier molecular flexibility index (Phi) is 7.99. The van der Waals surface area contributed by atoms with Gasteiger partial charge in [-0.3, -0.25) is 14.4 Å². The molecule has 0 saturated carbocycles. The zero-order valence-electron chi connectivity index (χ0n) is 16.5. The van der Waals surface area contributed by atoms with Crippen LogP contribution in [0.3, 0.4) is 0 Å². The van der Waals surface area contributed by atoms with Crippen molar-refractivity contribution in [2.75, 3.05) is 10.6 Å². The maximum Gasteiger partial charge on any atom is 0.335 e. The van der Waals surface area contributed by atoms with Gasteiger partial charge in [0, 0.05) is 22.7 Å². The second kappa shape index (κ2) is 10.4. The minimum Gasteiger partial charge on any atom is -0.481 e. The zero-order chi connectivity index (χ0) is 22.3. The Morgan fingerprint density at radius 3 is 2.23 bits per heavy atom. The molecule has 0 bridgehead atoms. The minimum absolute atomic E-state index is 0.0946. The quantitative estimate of drug-likeness (QED) is 0.447. The number of carbonyl (C=O) groups is 4. The molecule has 0 saturated heterocycles. The fraction of sp³-hybridized carbons (Fsp3) is 0.238. The van der Waals surface area contributed by atoms with Gasteiger partial charge in [-0.2, -0.15) is 0 Å². The molecule has 4 N–H and O–H groups in total. The third kappa shape index (κ3) is 6.93. The van der Waals surface area contributed by atoms with Crippen molar-refractivity contribution in [1.82, 2.24) is 0 Å². The van der Waals surface area contributed by atoms with Crippen molar-refractivity contribution >= 4 is 46.9 Å². The Labute approximate surface area is 177 Å². The minimum atomic E-state index is -1.07. The van der Waals surface area contributed by atoms with E-state index < -0.39 is 17.2 Å². The van der Waals surface area contributed by atoms with E-state index in [1.807, 2.05) is 0 Å². The van der Waals surface area contributed by atoms with Gasteiger partial charge in [0.2, 0.25) is 11.8 Å². The molecule has 0 aromatic heterocycles. The van der Waals surface area contributed by atoms with Crippen LogP contribution < -0.4 is 10.6 Å². The molecule has 0 heterocycles. The van der Waals surface area contributed by atoms with E-state index in [-0.39, 0.29) is 30.2 Å². The molecule has 2 aromatic carbocycles. The number of hydrogen-bond acceptors (Lipinski definition) is 5. The lowest BCUT2D eigenvalue weighted by atomic mass is 10.1. The van der Waals surface area contributed by atoms with Crippen molar-refractivity contribution in [1.29, 1.82) is 0 Å². The van der Waals surface area contributed by atoms with Crippen molar-refractivity contribution in [3.63, 3.8) is 0 Å². The number of anilines is 2. The fourth-order valence-electron chi connectivity index (χ4n) is 2.44. The molecule has 1 unspecified atom stereocenters. The number of amides is 2. The lowest BCUT2D eigenvalue weighted by Gasteiger charge is -2.14. The normalized spacial score (nSPS) is 11.4. The number of benzene rings is 2. The van der Waals surface area contributed by atoms with Gasteiger partial charge >= 0.3 is 11.9 Å². The van der Waals surface area contributed by atoms with Crippen LogP contribution in [0.15, 0.2) is 47.4 Å². The molecule has 2 aromatic rings. The van der Waals surface area contributed by atoms with E-state index >= 15 is 0 Å². The highest BCUT2D eigenvalue weighted by Gasteiger charge is 2.16. The summed E-state index contributed by atoms with van der Waals surface area (Å²) in [6.07, 6.45) is -0.340. The molecule has 2 amide bonds. The highest BCUT2D eigenvalue weighted by atomic mass is 32.2. The van der Waals surface area contributed by atoms with Gasteiger partial charge in [-0.1, -0.05) is 6.07 Å². The average Bonchev–Trinajstić information content (AvgIpc) is 2.69. The Hall–Kier alpha value is -3.33. The molecule has 8 nitrogen and oxygen atoms in total. The maximum absolute atomic E-state index is 12.5. The molecule has 0 fully saturated rings. The van der Waals surface area contributed by atoms with Crippen molar-refractivity contribution < 1.29 is 29.4 Å². The van der Waals surface area contributed by atoms with Crippen molar-refractivity contribution in [3.05, 3.63) is 53.6 Å². The van der Waals surface area contributed by atoms with Crippen LogP contribution in [0.2, 0.25) is 0 Å². The number of carboxylic acid groups (broad SMARTS) is 2.